The topological polar surface area (TPSA) is 56.2 Å². The molecule has 1 N–H and O–H groups in total. The Morgan fingerprint density at radius 1 is 1.61 bits per heavy atom. The number of carbonyl (C=O) groups is 1. The maximum atomic E-state index is 12.0. The van der Waals surface area contributed by atoms with Gasteiger partial charge in [0.1, 0.15) is 5.54 Å². The van der Waals surface area contributed by atoms with Crippen LogP contribution in [0.2, 0.25) is 0 Å². The number of nitrogens with zero attached hydrogens (tertiary/aromatic N) is 2. The predicted octanol–water partition coefficient (Wildman–Crippen LogP) is 1.18. The van der Waals surface area contributed by atoms with Crippen LogP contribution in [0, 0.1) is 13.8 Å². The molecule has 0 saturated heterocycles. The van der Waals surface area contributed by atoms with Crippen LogP contribution < -0.4 is 5.32 Å². The molecule has 0 bridgehead atoms. The Hall–Kier alpha value is -1.36. The zero-order chi connectivity index (χ0) is 13.3. The van der Waals surface area contributed by atoms with Crippen molar-refractivity contribution in [3.05, 3.63) is 17.5 Å². The molecule has 0 aliphatic heterocycles. The summed E-state index contributed by atoms with van der Waals surface area (Å²) in [6.07, 6.45) is 2.26. The quantitative estimate of drug-likeness (QED) is 0.799. The van der Waals surface area contributed by atoms with E-state index in [4.69, 9.17) is 4.74 Å². The number of hydrogen-bond acceptors (Lipinski definition) is 4. The van der Waals surface area contributed by atoms with E-state index in [9.17, 15) is 4.79 Å². The van der Waals surface area contributed by atoms with E-state index in [1.54, 1.807) is 0 Å². The van der Waals surface area contributed by atoms with Crippen molar-refractivity contribution in [2.75, 3.05) is 7.11 Å². The van der Waals surface area contributed by atoms with Crippen molar-refractivity contribution in [2.45, 2.75) is 51.7 Å². The highest BCUT2D eigenvalue weighted by Crippen LogP contribution is 2.24. The smallest absolute Gasteiger partial charge is 0.327 e. The van der Waals surface area contributed by atoms with Crippen LogP contribution in [0.3, 0.4) is 0 Å². The molecule has 1 aliphatic rings. The third kappa shape index (κ3) is 2.72. The van der Waals surface area contributed by atoms with Crippen molar-refractivity contribution in [3.63, 3.8) is 0 Å². The van der Waals surface area contributed by atoms with Crippen molar-refractivity contribution in [1.29, 1.82) is 0 Å². The standard InChI is InChI=1S/C13H21N3O2/c1-9-7-10(2)16(15-9)8-13(3,12(17)18-4)14-11-5-6-11/h7,11,14H,5-6,8H2,1-4H3. The number of carbonyl (C=O) groups excluding carboxylic acids is 1. The number of rotatable bonds is 5. The third-order valence-electron chi connectivity index (χ3n) is 3.31. The fourth-order valence-corrected chi connectivity index (χ4v) is 2.21. The van der Waals surface area contributed by atoms with E-state index < -0.39 is 5.54 Å². The minimum atomic E-state index is -0.709. The number of aryl methyl sites for hydroxylation is 2. The Morgan fingerprint density at radius 2 is 2.28 bits per heavy atom. The second kappa shape index (κ2) is 4.72. The van der Waals surface area contributed by atoms with Gasteiger partial charge in [0.2, 0.25) is 0 Å². The molecule has 1 aromatic rings. The number of methoxy groups -OCH3 is 1. The zero-order valence-corrected chi connectivity index (χ0v) is 11.5. The highest BCUT2D eigenvalue weighted by molar-refractivity contribution is 5.80. The molecule has 1 saturated carbocycles. The fraction of sp³-hybridized carbons (Fsp3) is 0.692. The van der Waals surface area contributed by atoms with Crippen LogP contribution in [0.1, 0.15) is 31.2 Å². The Labute approximate surface area is 108 Å². The average molecular weight is 251 g/mol. The van der Waals surface area contributed by atoms with Crippen LogP contribution in [0.4, 0.5) is 0 Å². The highest BCUT2D eigenvalue weighted by Gasteiger charge is 2.40. The van der Waals surface area contributed by atoms with Gasteiger partial charge in [-0.15, -0.1) is 0 Å². The minimum Gasteiger partial charge on any atom is -0.468 e. The van der Waals surface area contributed by atoms with E-state index in [0.717, 1.165) is 24.2 Å². The molecule has 0 spiro atoms. The molecule has 5 heteroatoms. The lowest BCUT2D eigenvalue weighted by Gasteiger charge is -2.28. The van der Waals surface area contributed by atoms with Gasteiger partial charge in [-0.1, -0.05) is 0 Å². The van der Waals surface area contributed by atoms with E-state index >= 15 is 0 Å². The summed E-state index contributed by atoms with van der Waals surface area (Å²) >= 11 is 0. The summed E-state index contributed by atoms with van der Waals surface area (Å²) < 4.78 is 6.78. The van der Waals surface area contributed by atoms with Gasteiger partial charge in [-0.2, -0.15) is 5.10 Å². The van der Waals surface area contributed by atoms with E-state index in [-0.39, 0.29) is 5.97 Å². The van der Waals surface area contributed by atoms with Crippen LogP contribution >= 0.6 is 0 Å². The summed E-state index contributed by atoms with van der Waals surface area (Å²) in [5, 5.41) is 7.78. The molecule has 1 aromatic heterocycles. The number of aromatic nitrogens is 2. The first-order chi connectivity index (χ1) is 8.44. The van der Waals surface area contributed by atoms with Crippen molar-refractivity contribution >= 4 is 5.97 Å². The summed E-state index contributed by atoms with van der Waals surface area (Å²) in [6.45, 7) is 6.32. The molecule has 1 unspecified atom stereocenters. The number of esters is 1. The maximum absolute atomic E-state index is 12.0. The Morgan fingerprint density at radius 3 is 2.72 bits per heavy atom. The summed E-state index contributed by atoms with van der Waals surface area (Å²) in [6, 6.07) is 2.44. The van der Waals surface area contributed by atoms with Crippen LogP contribution in [0.15, 0.2) is 6.07 Å². The molecule has 1 atom stereocenters. The van der Waals surface area contributed by atoms with Gasteiger partial charge in [-0.25, -0.2) is 4.79 Å². The molecule has 0 amide bonds. The normalized spacial score (nSPS) is 18.4. The van der Waals surface area contributed by atoms with Gasteiger partial charge in [0.15, 0.2) is 0 Å². The molecule has 2 rings (SSSR count). The summed E-state index contributed by atoms with van der Waals surface area (Å²) in [4.78, 5) is 12.0. The number of ether oxygens (including phenoxy) is 1. The van der Waals surface area contributed by atoms with E-state index in [1.165, 1.54) is 7.11 Å². The van der Waals surface area contributed by atoms with Crippen molar-refractivity contribution < 1.29 is 9.53 Å². The second-order valence-electron chi connectivity index (χ2n) is 5.33. The maximum Gasteiger partial charge on any atom is 0.327 e. The molecule has 0 radical (unpaired) electrons. The minimum absolute atomic E-state index is 0.234. The van der Waals surface area contributed by atoms with Gasteiger partial charge in [0, 0.05) is 11.7 Å². The zero-order valence-electron chi connectivity index (χ0n) is 11.5. The summed E-state index contributed by atoms with van der Waals surface area (Å²) in [5.41, 5.74) is 1.31. The van der Waals surface area contributed by atoms with Gasteiger partial charge in [0.25, 0.3) is 0 Å². The number of nitrogens with one attached hydrogen (secondary N) is 1. The monoisotopic (exact) mass is 251 g/mol. The molecule has 18 heavy (non-hydrogen) atoms. The molecule has 1 fully saturated rings. The Balaban J connectivity index is 2.18. The fourth-order valence-electron chi connectivity index (χ4n) is 2.21. The second-order valence-corrected chi connectivity index (χ2v) is 5.33. The predicted molar refractivity (Wildman–Crippen MR) is 68.3 cm³/mol. The van der Waals surface area contributed by atoms with Crippen LogP contribution in [-0.2, 0) is 16.1 Å². The van der Waals surface area contributed by atoms with Crippen LogP contribution in [0.5, 0.6) is 0 Å². The van der Waals surface area contributed by atoms with Gasteiger partial charge in [-0.05, 0) is 39.7 Å². The van der Waals surface area contributed by atoms with Gasteiger partial charge >= 0.3 is 5.97 Å². The van der Waals surface area contributed by atoms with Crippen LogP contribution in [0.25, 0.3) is 0 Å². The van der Waals surface area contributed by atoms with Crippen LogP contribution in [-0.4, -0.2) is 34.4 Å². The van der Waals surface area contributed by atoms with E-state index in [0.29, 0.717) is 12.6 Å². The Kier molecular flexibility index (Phi) is 3.43. The molecule has 100 valence electrons. The molecule has 1 heterocycles. The van der Waals surface area contributed by atoms with Gasteiger partial charge in [-0.3, -0.25) is 10.00 Å². The highest BCUT2D eigenvalue weighted by atomic mass is 16.5. The first kappa shape index (κ1) is 13.1. The lowest BCUT2D eigenvalue weighted by molar-refractivity contribution is -0.148. The largest absolute Gasteiger partial charge is 0.468 e. The Bertz CT molecular complexity index is 451. The SMILES string of the molecule is COC(=O)C(C)(Cn1nc(C)cc1C)NC1CC1. The molecule has 0 aromatic carbocycles. The summed E-state index contributed by atoms with van der Waals surface area (Å²) in [5.74, 6) is -0.234. The van der Waals surface area contributed by atoms with Gasteiger partial charge in [0.05, 0.1) is 19.3 Å². The van der Waals surface area contributed by atoms with Crippen molar-refractivity contribution in [1.82, 2.24) is 15.1 Å². The number of hydrogen-bond donors (Lipinski definition) is 1. The first-order valence-electron chi connectivity index (χ1n) is 6.32. The molecule has 5 nitrogen and oxygen atoms in total. The van der Waals surface area contributed by atoms with E-state index in [2.05, 4.69) is 10.4 Å². The van der Waals surface area contributed by atoms with Crippen molar-refractivity contribution in [3.8, 4) is 0 Å². The molecular weight excluding hydrogens is 230 g/mol. The lowest BCUT2D eigenvalue weighted by atomic mass is 10.0. The average Bonchev–Trinajstić information content (AvgIpc) is 3.04. The summed E-state index contributed by atoms with van der Waals surface area (Å²) in [7, 11) is 1.43. The molecule has 1 aliphatic carbocycles. The lowest BCUT2D eigenvalue weighted by Crippen LogP contribution is -2.54. The third-order valence-corrected chi connectivity index (χ3v) is 3.31. The molecular formula is C13H21N3O2. The van der Waals surface area contributed by atoms with E-state index in [1.807, 2.05) is 31.5 Å². The van der Waals surface area contributed by atoms with Gasteiger partial charge < -0.3 is 4.74 Å². The van der Waals surface area contributed by atoms with Crippen molar-refractivity contribution in [2.24, 2.45) is 0 Å². The first-order valence-corrected chi connectivity index (χ1v) is 6.32.